The molecule has 0 atom stereocenters. The van der Waals surface area contributed by atoms with Gasteiger partial charge in [0, 0.05) is 39.3 Å². The highest BCUT2D eigenvalue weighted by atomic mass is 16.5. The van der Waals surface area contributed by atoms with Gasteiger partial charge in [0.25, 0.3) is 0 Å². The van der Waals surface area contributed by atoms with Gasteiger partial charge in [-0.2, -0.15) is 0 Å². The summed E-state index contributed by atoms with van der Waals surface area (Å²) in [5, 5.41) is 6.85. The van der Waals surface area contributed by atoms with Crippen LogP contribution in [0.3, 0.4) is 0 Å². The number of nitrogens with zero attached hydrogens (tertiary/aromatic N) is 2. The Morgan fingerprint density at radius 2 is 1.75 bits per heavy atom. The fourth-order valence-corrected chi connectivity index (χ4v) is 2.82. The highest BCUT2D eigenvalue weighted by Crippen LogP contribution is 2.10. The first kappa shape index (κ1) is 21.2. The van der Waals surface area contributed by atoms with Gasteiger partial charge in [-0.3, -0.25) is 4.99 Å². The van der Waals surface area contributed by atoms with Crippen LogP contribution in [0.1, 0.15) is 46.0 Å². The summed E-state index contributed by atoms with van der Waals surface area (Å²) in [7, 11) is 1.82. The van der Waals surface area contributed by atoms with E-state index in [-0.39, 0.29) is 0 Å². The molecule has 0 bridgehead atoms. The van der Waals surface area contributed by atoms with E-state index in [0.29, 0.717) is 25.9 Å². The van der Waals surface area contributed by atoms with Gasteiger partial charge >= 0.3 is 0 Å². The second-order valence-electron chi connectivity index (χ2n) is 6.34. The van der Waals surface area contributed by atoms with Gasteiger partial charge in [-0.15, -0.1) is 0 Å². The summed E-state index contributed by atoms with van der Waals surface area (Å²) in [6, 6.07) is 0.525. The smallest absolute Gasteiger partial charge is 0.191 e. The molecule has 0 aliphatic carbocycles. The molecule has 142 valence electrons. The number of likely N-dealkylation sites (tertiary alicyclic amines) is 1. The molecule has 6 heteroatoms. The molecule has 0 unspecified atom stereocenters. The van der Waals surface area contributed by atoms with Crippen LogP contribution in [0.25, 0.3) is 0 Å². The zero-order valence-electron chi connectivity index (χ0n) is 16.0. The first-order valence-corrected chi connectivity index (χ1v) is 9.65. The summed E-state index contributed by atoms with van der Waals surface area (Å²) in [6.07, 6.45) is 5.92. The number of hydrogen-bond donors (Lipinski definition) is 2. The Balaban J connectivity index is 2.01. The molecule has 0 saturated carbocycles. The van der Waals surface area contributed by atoms with E-state index >= 15 is 0 Å². The molecule has 0 amide bonds. The number of unbranched alkanes of at least 4 members (excludes halogenated alkanes) is 1. The number of aliphatic imine (C=N–C) groups is 1. The number of ether oxygens (including phenoxy) is 2. The van der Waals surface area contributed by atoms with Crippen LogP contribution in [0.2, 0.25) is 0 Å². The minimum Gasteiger partial charge on any atom is -0.379 e. The van der Waals surface area contributed by atoms with Crippen molar-refractivity contribution < 1.29 is 9.47 Å². The number of nitrogens with one attached hydrogen (secondary N) is 2. The third-order valence-corrected chi connectivity index (χ3v) is 4.24. The summed E-state index contributed by atoms with van der Waals surface area (Å²) in [5.74, 6) is 0.881. The average molecular weight is 343 g/mol. The van der Waals surface area contributed by atoms with Crippen LogP contribution in [-0.4, -0.2) is 76.6 Å². The molecule has 1 saturated heterocycles. The van der Waals surface area contributed by atoms with E-state index in [4.69, 9.17) is 9.47 Å². The zero-order valence-corrected chi connectivity index (χ0v) is 16.0. The molecule has 1 heterocycles. The molecule has 2 N–H and O–H groups in total. The molecule has 1 aliphatic rings. The van der Waals surface area contributed by atoms with E-state index in [1.54, 1.807) is 0 Å². The van der Waals surface area contributed by atoms with Crippen molar-refractivity contribution >= 4 is 5.96 Å². The quantitative estimate of drug-likeness (QED) is 0.322. The topological polar surface area (TPSA) is 58.1 Å². The molecule has 1 aliphatic heterocycles. The normalized spacial score (nSPS) is 17.2. The van der Waals surface area contributed by atoms with Crippen molar-refractivity contribution in [1.82, 2.24) is 15.5 Å². The van der Waals surface area contributed by atoms with Crippen molar-refractivity contribution in [3.8, 4) is 0 Å². The van der Waals surface area contributed by atoms with E-state index < -0.39 is 0 Å². The SMILES string of the molecule is CCCCOCCOCCNC(=NC)NC1CCN(CCC)CC1. The molecule has 0 aromatic carbocycles. The van der Waals surface area contributed by atoms with Gasteiger partial charge in [-0.1, -0.05) is 20.3 Å². The first-order valence-electron chi connectivity index (χ1n) is 9.65. The van der Waals surface area contributed by atoms with Crippen molar-refractivity contribution in [2.75, 3.05) is 59.7 Å². The molecule has 0 aromatic heterocycles. The van der Waals surface area contributed by atoms with Crippen molar-refractivity contribution in [1.29, 1.82) is 0 Å². The van der Waals surface area contributed by atoms with Crippen LogP contribution in [0, 0.1) is 0 Å². The van der Waals surface area contributed by atoms with Crippen LogP contribution in [0.5, 0.6) is 0 Å². The number of piperidine rings is 1. The maximum Gasteiger partial charge on any atom is 0.191 e. The number of rotatable bonds is 12. The van der Waals surface area contributed by atoms with Crippen LogP contribution >= 0.6 is 0 Å². The van der Waals surface area contributed by atoms with E-state index in [2.05, 4.69) is 34.4 Å². The Morgan fingerprint density at radius 3 is 2.38 bits per heavy atom. The predicted octanol–water partition coefficient (Wildman–Crippen LogP) is 1.86. The first-order chi connectivity index (χ1) is 11.8. The number of hydrogen-bond acceptors (Lipinski definition) is 4. The highest BCUT2D eigenvalue weighted by Gasteiger charge is 2.19. The third kappa shape index (κ3) is 10.1. The number of guanidine groups is 1. The summed E-state index contributed by atoms with van der Waals surface area (Å²) in [4.78, 5) is 6.85. The zero-order chi connectivity index (χ0) is 17.5. The van der Waals surface area contributed by atoms with Crippen LogP contribution in [0.15, 0.2) is 4.99 Å². The molecule has 1 rings (SSSR count). The minimum atomic E-state index is 0.525. The van der Waals surface area contributed by atoms with Crippen LogP contribution < -0.4 is 10.6 Å². The minimum absolute atomic E-state index is 0.525. The van der Waals surface area contributed by atoms with E-state index in [9.17, 15) is 0 Å². The summed E-state index contributed by atoms with van der Waals surface area (Å²) >= 11 is 0. The highest BCUT2D eigenvalue weighted by molar-refractivity contribution is 5.79. The van der Waals surface area contributed by atoms with E-state index in [1.165, 1.54) is 45.3 Å². The van der Waals surface area contributed by atoms with Crippen molar-refractivity contribution in [2.45, 2.75) is 52.0 Å². The summed E-state index contributed by atoms with van der Waals surface area (Å²) in [5.41, 5.74) is 0. The third-order valence-electron chi connectivity index (χ3n) is 4.24. The summed E-state index contributed by atoms with van der Waals surface area (Å²) < 4.78 is 11.0. The monoisotopic (exact) mass is 342 g/mol. The molecule has 24 heavy (non-hydrogen) atoms. The van der Waals surface area contributed by atoms with Gasteiger partial charge in [0.05, 0.1) is 19.8 Å². The van der Waals surface area contributed by atoms with Crippen molar-refractivity contribution in [2.24, 2.45) is 4.99 Å². The Labute approximate surface area is 148 Å². The predicted molar refractivity (Wildman–Crippen MR) is 101 cm³/mol. The van der Waals surface area contributed by atoms with Crippen molar-refractivity contribution in [3.05, 3.63) is 0 Å². The Bertz CT molecular complexity index is 318. The van der Waals surface area contributed by atoms with Crippen molar-refractivity contribution in [3.63, 3.8) is 0 Å². The largest absolute Gasteiger partial charge is 0.379 e. The Kier molecular flexibility index (Phi) is 12.8. The molecule has 0 radical (unpaired) electrons. The molecule has 0 spiro atoms. The van der Waals surface area contributed by atoms with Gasteiger partial charge in [-0.25, -0.2) is 0 Å². The van der Waals surface area contributed by atoms with E-state index in [1.807, 2.05) is 7.05 Å². The second kappa shape index (κ2) is 14.5. The van der Waals surface area contributed by atoms with Gasteiger partial charge in [0.2, 0.25) is 0 Å². The Morgan fingerprint density at radius 1 is 1.04 bits per heavy atom. The average Bonchev–Trinajstić information content (AvgIpc) is 2.61. The Hall–Kier alpha value is -0.850. The van der Waals surface area contributed by atoms with E-state index in [0.717, 1.165) is 25.5 Å². The standard InChI is InChI=1S/C18H38N4O2/c1-4-6-13-23-15-16-24-14-9-20-18(19-3)21-17-7-11-22(10-5-2)12-8-17/h17H,4-16H2,1-3H3,(H2,19,20,21). The lowest BCUT2D eigenvalue weighted by Crippen LogP contribution is -2.49. The molecular formula is C18H38N4O2. The van der Waals surface area contributed by atoms with Gasteiger partial charge in [0.1, 0.15) is 0 Å². The fraction of sp³-hybridized carbons (Fsp3) is 0.944. The lowest BCUT2D eigenvalue weighted by Gasteiger charge is -2.32. The lowest BCUT2D eigenvalue weighted by atomic mass is 10.1. The maximum absolute atomic E-state index is 5.56. The van der Waals surface area contributed by atoms with Gasteiger partial charge in [-0.05, 0) is 32.2 Å². The molecular weight excluding hydrogens is 304 g/mol. The maximum atomic E-state index is 5.56. The molecule has 1 fully saturated rings. The van der Waals surface area contributed by atoms with Crippen LogP contribution in [0.4, 0.5) is 0 Å². The summed E-state index contributed by atoms with van der Waals surface area (Å²) in [6.45, 7) is 11.6. The molecule has 6 nitrogen and oxygen atoms in total. The van der Waals surface area contributed by atoms with Gasteiger partial charge < -0.3 is 25.0 Å². The fourth-order valence-electron chi connectivity index (χ4n) is 2.82. The molecule has 0 aromatic rings. The van der Waals surface area contributed by atoms with Crippen LogP contribution in [-0.2, 0) is 9.47 Å². The van der Waals surface area contributed by atoms with Gasteiger partial charge in [0.15, 0.2) is 5.96 Å². The lowest BCUT2D eigenvalue weighted by molar-refractivity contribution is 0.0487. The second-order valence-corrected chi connectivity index (χ2v) is 6.34.